The summed E-state index contributed by atoms with van der Waals surface area (Å²) in [6, 6.07) is 9.45. The molecule has 1 aromatic heterocycles. The molecule has 0 aliphatic carbocycles. The molecule has 17 heavy (non-hydrogen) atoms. The third-order valence-corrected chi connectivity index (χ3v) is 2.44. The zero-order chi connectivity index (χ0) is 10.7. The number of hydrogen-bond donors (Lipinski definition) is 1. The van der Waals surface area contributed by atoms with Crippen LogP contribution in [0.3, 0.4) is 0 Å². The molecule has 4 nitrogen and oxygen atoms in total. The van der Waals surface area contributed by atoms with Crippen LogP contribution in [0.2, 0.25) is 0 Å². The summed E-state index contributed by atoms with van der Waals surface area (Å²) in [7, 11) is 0. The molecular formula is C10H11Cl2N2O2S-. The van der Waals surface area contributed by atoms with E-state index in [-0.39, 0.29) is 24.8 Å². The molecular weight excluding hydrogens is 283 g/mol. The molecule has 0 spiro atoms. The molecule has 0 saturated heterocycles. The molecule has 1 atom stereocenters. The molecule has 1 heterocycles. The Balaban J connectivity index is 0.00000128. The molecule has 1 N–H and O–H groups in total. The quantitative estimate of drug-likeness (QED) is 0.880. The maximum atomic E-state index is 10.3. The minimum absolute atomic E-state index is 0. The fourth-order valence-corrected chi connectivity index (χ4v) is 1.66. The third kappa shape index (κ3) is 4.57. The fourth-order valence-electron chi connectivity index (χ4n) is 1.38. The first kappa shape index (κ1) is 16.3. The summed E-state index contributed by atoms with van der Waals surface area (Å²) in [5.74, 6) is 0. The van der Waals surface area contributed by atoms with Crippen molar-refractivity contribution in [3.63, 3.8) is 0 Å². The van der Waals surface area contributed by atoms with E-state index in [1.54, 1.807) is 6.20 Å². The summed E-state index contributed by atoms with van der Waals surface area (Å²) in [6.45, 7) is 0.306. The largest absolute Gasteiger partial charge is 0.760 e. The second-order valence-electron chi connectivity index (χ2n) is 3.09. The van der Waals surface area contributed by atoms with Gasteiger partial charge in [-0.2, -0.15) is 0 Å². The SMILES string of the molecule is Cl.Cl.O=S([O-])NCc1ccc2ncccc2c1. The Morgan fingerprint density at radius 3 is 2.76 bits per heavy atom. The van der Waals surface area contributed by atoms with Crippen molar-refractivity contribution in [2.24, 2.45) is 0 Å². The summed E-state index contributed by atoms with van der Waals surface area (Å²) >= 11 is -2.22. The van der Waals surface area contributed by atoms with Crippen LogP contribution in [0.5, 0.6) is 0 Å². The smallest absolute Gasteiger partial charge is 0.0702 e. The minimum Gasteiger partial charge on any atom is -0.760 e. The molecule has 0 fully saturated rings. The number of nitrogens with zero attached hydrogens (tertiary/aromatic N) is 1. The van der Waals surface area contributed by atoms with Crippen LogP contribution in [0.25, 0.3) is 10.9 Å². The lowest BCUT2D eigenvalue weighted by Crippen LogP contribution is -2.15. The van der Waals surface area contributed by atoms with Gasteiger partial charge < -0.3 is 4.55 Å². The van der Waals surface area contributed by atoms with Gasteiger partial charge in [0.2, 0.25) is 0 Å². The molecule has 0 saturated carbocycles. The Bertz CT molecular complexity index is 510. The first-order valence-corrected chi connectivity index (χ1v) is 5.49. The molecule has 0 bridgehead atoms. The van der Waals surface area contributed by atoms with Crippen molar-refractivity contribution in [1.29, 1.82) is 0 Å². The number of fused-ring (bicyclic) bond motifs is 1. The average molecular weight is 294 g/mol. The van der Waals surface area contributed by atoms with Gasteiger partial charge >= 0.3 is 0 Å². The van der Waals surface area contributed by atoms with E-state index in [0.29, 0.717) is 6.54 Å². The van der Waals surface area contributed by atoms with E-state index in [9.17, 15) is 8.76 Å². The Morgan fingerprint density at radius 2 is 2.06 bits per heavy atom. The Kier molecular flexibility index (Phi) is 7.26. The number of nitrogens with one attached hydrogen (secondary N) is 1. The predicted molar refractivity (Wildman–Crippen MR) is 72.0 cm³/mol. The molecule has 0 amide bonds. The summed E-state index contributed by atoms with van der Waals surface area (Å²) in [5.41, 5.74) is 1.82. The summed E-state index contributed by atoms with van der Waals surface area (Å²) < 4.78 is 22.9. The van der Waals surface area contributed by atoms with Gasteiger partial charge in [-0.25, -0.2) is 4.72 Å². The normalized spacial score (nSPS) is 11.4. The summed E-state index contributed by atoms with van der Waals surface area (Å²) in [6.07, 6.45) is 1.73. The molecule has 1 aromatic carbocycles. The lowest BCUT2D eigenvalue weighted by atomic mass is 10.1. The zero-order valence-electron chi connectivity index (χ0n) is 8.66. The Hall–Kier alpha value is -0.720. The van der Waals surface area contributed by atoms with E-state index in [4.69, 9.17) is 0 Å². The van der Waals surface area contributed by atoms with E-state index in [1.165, 1.54) is 0 Å². The molecule has 2 rings (SSSR count). The molecule has 94 valence electrons. The van der Waals surface area contributed by atoms with Crippen LogP contribution >= 0.6 is 24.8 Å². The van der Waals surface area contributed by atoms with Gasteiger partial charge in [0.25, 0.3) is 0 Å². The maximum Gasteiger partial charge on any atom is 0.0702 e. The van der Waals surface area contributed by atoms with Crippen LogP contribution in [-0.2, 0) is 17.8 Å². The van der Waals surface area contributed by atoms with Crippen molar-refractivity contribution in [2.45, 2.75) is 6.54 Å². The maximum absolute atomic E-state index is 10.3. The zero-order valence-corrected chi connectivity index (χ0v) is 11.1. The molecule has 7 heteroatoms. The van der Waals surface area contributed by atoms with E-state index in [0.717, 1.165) is 16.5 Å². The lowest BCUT2D eigenvalue weighted by Gasteiger charge is -2.07. The first-order valence-electron chi connectivity index (χ1n) is 4.42. The standard InChI is InChI=1S/C10H10N2O2S.2ClH/c13-15(14)12-7-8-3-4-10-9(6-8)2-1-5-11-10;;/h1-6,12H,7H2,(H,13,14);2*1H/p-1. The van der Waals surface area contributed by atoms with E-state index in [1.807, 2.05) is 30.3 Å². The highest BCUT2D eigenvalue weighted by Crippen LogP contribution is 2.12. The van der Waals surface area contributed by atoms with Crippen LogP contribution in [0, 0.1) is 0 Å². The average Bonchev–Trinajstić information content (AvgIpc) is 2.26. The van der Waals surface area contributed by atoms with Gasteiger partial charge in [-0.3, -0.25) is 9.19 Å². The van der Waals surface area contributed by atoms with Crippen LogP contribution in [0.1, 0.15) is 5.56 Å². The third-order valence-electron chi connectivity index (χ3n) is 2.06. The number of hydrogen-bond acceptors (Lipinski definition) is 3. The van der Waals surface area contributed by atoms with Crippen LogP contribution < -0.4 is 4.72 Å². The topological polar surface area (TPSA) is 65.0 Å². The van der Waals surface area contributed by atoms with E-state index < -0.39 is 11.3 Å². The predicted octanol–water partition coefficient (Wildman–Crippen LogP) is 1.96. The van der Waals surface area contributed by atoms with Gasteiger partial charge in [0.1, 0.15) is 0 Å². The van der Waals surface area contributed by atoms with Crippen molar-refractivity contribution in [3.05, 3.63) is 42.1 Å². The second-order valence-corrected chi connectivity index (χ2v) is 3.84. The summed E-state index contributed by atoms with van der Waals surface area (Å²) in [5, 5.41) is 1.01. The van der Waals surface area contributed by atoms with Gasteiger partial charge in [-0.05, 0) is 23.8 Å². The number of aromatic nitrogens is 1. The monoisotopic (exact) mass is 293 g/mol. The number of pyridine rings is 1. The highest BCUT2D eigenvalue weighted by molar-refractivity contribution is 7.77. The Morgan fingerprint density at radius 1 is 1.29 bits per heavy atom. The number of benzene rings is 1. The van der Waals surface area contributed by atoms with Gasteiger partial charge in [0.05, 0.1) is 5.52 Å². The van der Waals surface area contributed by atoms with Gasteiger partial charge in [0, 0.05) is 29.4 Å². The lowest BCUT2D eigenvalue weighted by molar-refractivity contribution is 0.522. The van der Waals surface area contributed by atoms with Crippen LogP contribution in [0.4, 0.5) is 0 Å². The molecule has 0 aliphatic rings. The van der Waals surface area contributed by atoms with Crippen molar-refractivity contribution in [3.8, 4) is 0 Å². The molecule has 2 aromatic rings. The number of halogens is 2. The molecule has 0 aliphatic heterocycles. The van der Waals surface area contributed by atoms with Crippen LogP contribution in [0.15, 0.2) is 36.5 Å². The van der Waals surface area contributed by atoms with Gasteiger partial charge in [0.15, 0.2) is 0 Å². The Labute approximate surface area is 114 Å². The second kappa shape index (κ2) is 7.58. The highest BCUT2D eigenvalue weighted by atomic mass is 35.5. The van der Waals surface area contributed by atoms with Gasteiger partial charge in [-0.15, -0.1) is 24.8 Å². The molecule has 1 unspecified atom stereocenters. The highest BCUT2D eigenvalue weighted by Gasteiger charge is 1.96. The van der Waals surface area contributed by atoms with Crippen LogP contribution in [-0.4, -0.2) is 13.7 Å². The van der Waals surface area contributed by atoms with Gasteiger partial charge in [-0.1, -0.05) is 12.1 Å². The van der Waals surface area contributed by atoms with Crippen molar-refractivity contribution in [1.82, 2.24) is 9.71 Å². The number of rotatable bonds is 3. The van der Waals surface area contributed by atoms with Crippen molar-refractivity contribution >= 4 is 47.0 Å². The minimum atomic E-state index is -2.22. The van der Waals surface area contributed by atoms with Crippen molar-refractivity contribution < 1.29 is 8.76 Å². The summed E-state index contributed by atoms with van der Waals surface area (Å²) in [4.78, 5) is 4.18. The molecule has 0 radical (unpaired) electrons. The van der Waals surface area contributed by atoms with E-state index in [2.05, 4.69) is 9.71 Å². The van der Waals surface area contributed by atoms with Crippen molar-refractivity contribution in [2.75, 3.05) is 0 Å². The first-order chi connectivity index (χ1) is 7.25. The van der Waals surface area contributed by atoms with E-state index >= 15 is 0 Å². The fraction of sp³-hybridized carbons (Fsp3) is 0.100.